The molecule has 0 unspecified atom stereocenters. The number of likely N-dealkylation sites (tertiary alicyclic amines) is 1. The molecular weight excluding hydrogens is 382 g/mol. The fraction of sp³-hybridized carbons (Fsp3) is 0.950. The molecule has 0 aromatic carbocycles. The van der Waals surface area contributed by atoms with Gasteiger partial charge in [-0.15, -0.1) is 0 Å². The van der Waals surface area contributed by atoms with Gasteiger partial charge in [0.1, 0.15) is 5.60 Å². The third-order valence-electron chi connectivity index (χ3n) is 4.12. The van der Waals surface area contributed by atoms with Gasteiger partial charge in [-0.05, 0) is 27.2 Å². The van der Waals surface area contributed by atoms with Gasteiger partial charge in [-0.1, -0.05) is 0 Å². The lowest BCUT2D eigenvalue weighted by molar-refractivity contribution is -0.0203. The van der Waals surface area contributed by atoms with Crippen molar-refractivity contribution in [2.24, 2.45) is 0 Å². The zero-order chi connectivity index (χ0) is 21.5. The summed E-state index contributed by atoms with van der Waals surface area (Å²) in [6, 6.07) is -0.0414. The molecule has 0 bridgehead atoms. The second kappa shape index (κ2) is 14.9. The van der Waals surface area contributed by atoms with Crippen LogP contribution in [0.3, 0.4) is 0 Å². The van der Waals surface area contributed by atoms with Crippen LogP contribution in [0.25, 0.3) is 0 Å². The van der Waals surface area contributed by atoms with Gasteiger partial charge >= 0.3 is 6.09 Å². The van der Waals surface area contributed by atoms with E-state index in [2.05, 4.69) is 0 Å². The lowest BCUT2D eigenvalue weighted by Gasteiger charge is -2.28. The van der Waals surface area contributed by atoms with Crippen molar-refractivity contribution in [2.45, 2.75) is 44.9 Å². The number of ether oxygens (including phenoxy) is 7. The molecule has 1 fully saturated rings. The maximum absolute atomic E-state index is 12.4. The fourth-order valence-electron chi connectivity index (χ4n) is 2.85. The summed E-state index contributed by atoms with van der Waals surface area (Å²) >= 11 is 0. The Balaban J connectivity index is 2.11. The molecule has 9 heteroatoms. The number of rotatable bonds is 15. The van der Waals surface area contributed by atoms with Crippen LogP contribution < -0.4 is 0 Å². The van der Waals surface area contributed by atoms with Gasteiger partial charge in [-0.3, -0.25) is 0 Å². The first-order valence-corrected chi connectivity index (χ1v) is 10.2. The van der Waals surface area contributed by atoms with Crippen molar-refractivity contribution in [1.29, 1.82) is 0 Å². The lowest BCUT2D eigenvalue weighted by Crippen LogP contribution is -2.41. The molecule has 1 aliphatic heterocycles. The first-order chi connectivity index (χ1) is 13.9. The quantitative estimate of drug-likeness (QED) is 0.370. The predicted molar refractivity (Wildman–Crippen MR) is 107 cm³/mol. The number of methoxy groups -OCH3 is 2. The third-order valence-corrected chi connectivity index (χ3v) is 4.12. The van der Waals surface area contributed by atoms with E-state index in [9.17, 15) is 4.79 Å². The van der Waals surface area contributed by atoms with Gasteiger partial charge in [0.2, 0.25) is 0 Å². The fourth-order valence-corrected chi connectivity index (χ4v) is 2.85. The Morgan fingerprint density at radius 2 is 1.41 bits per heavy atom. The second-order valence-electron chi connectivity index (χ2n) is 7.80. The van der Waals surface area contributed by atoms with Crippen LogP contribution in [-0.2, 0) is 33.2 Å². The highest BCUT2D eigenvalue weighted by atomic mass is 16.6. The van der Waals surface area contributed by atoms with E-state index >= 15 is 0 Å². The Hall–Kier alpha value is -0.970. The topological polar surface area (TPSA) is 84.9 Å². The number of hydrogen-bond acceptors (Lipinski definition) is 8. The van der Waals surface area contributed by atoms with E-state index in [1.165, 1.54) is 0 Å². The van der Waals surface area contributed by atoms with Crippen LogP contribution in [0.4, 0.5) is 4.79 Å². The molecule has 1 amide bonds. The molecule has 29 heavy (non-hydrogen) atoms. The molecule has 9 nitrogen and oxygen atoms in total. The highest BCUT2D eigenvalue weighted by molar-refractivity contribution is 5.69. The molecule has 0 aromatic rings. The number of hydrogen-bond donors (Lipinski definition) is 0. The average Bonchev–Trinajstić information content (AvgIpc) is 3.04. The Kier molecular flexibility index (Phi) is 13.4. The lowest BCUT2D eigenvalue weighted by atomic mass is 10.2. The normalized spacial score (nSPS) is 19.7. The van der Waals surface area contributed by atoms with Crippen molar-refractivity contribution >= 4 is 6.09 Å². The average molecular weight is 422 g/mol. The van der Waals surface area contributed by atoms with Gasteiger partial charge in [0.25, 0.3) is 0 Å². The minimum absolute atomic E-state index is 0.0414. The Bertz CT molecular complexity index is 429. The van der Waals surface area contributed by atoms with Crippen molar-refractivity contribution < 1.29 is 38.0 Å². The number of nitrogens with zero attached hydrogens (tertiary/aromatic N) is 1. The molecule has 0 spiro atoms. The molecule has 1 rings (SSSR count). The largest absolute Gasteiger partial charge is 0.444 e. The van der Waals surface area contributed by atoms with Crippen LogP contribution in [0, 0.1) is 0 Å². The standard InChI is InChI=1S/C20H39NO8/c1-20(2,3)29-19(22)21-15-18(14-17(21)16-24-5)28-13-12-27-11-10-26-9-8-25-7-6-23-4/h17-18H,6-16H2,1-5H3/t17-,18+/m0/s1. The number of amides is 1. The second-order valence-corrected chi connectivity index (χ2v) is 7.80. The number of carbonyl (C=O) groups excluding carboxylic acids is 1. The molecule has 0 saturated carbocycles. The van der Waals surface area contributed by atoms with Gasteiger partial charge in [0.05, 0.1) is 78.2 Å². The maximum Gasteiger partial charge on any atom is 0.410 e. The Labute approximate surface area is 174 Å². The van der Waals surface area contributed by atoms with E-state index in [1.807, 2.05) is 20.8 Å². The molecule has 1 saturated heterocycles. The summed E-state index contributed by atoms with van der Waals surface area (Å²) in [5.41, 5.74) is -0.528. The smallest absolute Gasteiger partial charge is 0.410 e. The van der Waals surface area contributed by atoms with Gasteiger partial charge in [0, 0.05) is 14.2 Å². The van der Waals surface area contributed by atoms with E-state index in [0.29, 0.717) is 66.0 Å². The molecule has 0 N–H and O–H groups in total. The minimum Gasteiger partial charge on any atom is -0.444 e. The zero-order valence-electron chi connectivity index (χ0n) is 18.6. The summed E-state index contributed by atoms with van der Waals surface area (Å²) in [6.07, 6.45) is 0.344. The van der Waals surface area contributed by atoms with Crippen molar-refractivity contribution in [3.63, 3.8) is 0 Å². The van der Waals surface area contributed by atoms with Crippen molar-refractivity contribution in [3.8, 4) is 0 Å². The summed E-state index contributed by atoms with van der Waals surface area (Å²) < 4.78 is 37.7. The Morgan fingerprint density at radius 3 is 1.93 bits per heavy atom. The van der Waals surface area contributed by atoms with Crippen LogP contribution in [0.1, 0.15) is 27.2 Å². The van der Waals surface area contributed by atoms with Crippen LogP contribution in [0.15, 0.2) is 0 Å². The van der Waals surface area contributed by atoms with Crippen LogP contribution in [0.5, 0.6) is 0 Å². The Morgan fingerprint density at radius 1 is 0.862 bits per heavy atom. The van der Waals surface area contributed by atoms with E-state index in [4.69, 9.17) is 33.2 Å². The van der Waals surface area contributed by atoms with E-state index in [1.54, 1.807) is 19.1 Å². The number of carbonyl (C=O) groups is 1. The van der Waals surface area contributed by atoms with Gasteiger partial charge < -0.3 is 38.1 Å². The molecule has 0 aromatic heterocycles. The maximum atomic E-state index is 12.4. The molecule has 1 aliphatic rings. The summed E-state index contributed by atoms with van der Waals surface area (Å²) in [5, 5.41) is 0. The zero-order valence-corrected chi connectivity index (χ0v) is 18.6. The molecule has 1 heterocycles. The van der Waals surface area contributed by atoms with Crippen molar-refractivity contribution in [3.05, 3.63) is 0 Å². The van der Waals surface area contributed by atoms with Gasteiger partial charge in [0.15, 0.2) is 0 Å². The predicted octanol–water partition coefficient (Wildman–Crippen LogP) is 1.72. The van der Waals surface area contributed by atoms with Gasteiger partial charge in [-0.25, -0.2) is 4.79 Å². The summed E-state index contributed by atoms with van der Waals surface area (Å²) in [6.45, 7) is 10.7. The summed E-state index contributed by atoms with van der Waals surface area (Å²) in [5.74, 6) is 0. The molecule has 172 valence electrons. The molecular formula is C20H39NO8. The van der Waals surface area contributed by atoms with Crippen molar-refractivity contribution in [1.82, 2.24) is 4.90 Å². The monoisotopic (exact) mass is 421 g/mol. The van der Waals surface area contributed by atoms with Crippen molar-refractivity contribution in [2.75, 3.05) is 80.2 Å². The van der Waals surface area contributed by atoms with Crippen LogP contribution >= 0.6 is 0 Å². The van der Waals surface area contributed by atoms with Gasteiger partial charge in [-0.2, -0.15) is 0 Å². The third kappa shape index (κ3) is 12.3. The highest BCUT2D eigenvalue weighted by Crippen LogP contribution is 2.23. The first kappa shape index (κ1) is 26.1. The molecule has 0 radical (unpaired) electrons. The molecule has 0 aliphatic carbocycles. The van der Waals surface area contributed by atoms with E-state index in [-0.39, 0.29) is 18.2 Å². The minimum atomic E-state index is -0.528. The van der Waals surface area contributed by atoms with Crippen LogP contribution in [-0.4, -0.2) is 109 Å². The van der Waals surface area contributed by atoms with E-state index in [0.717, 1.165) is 6.42 Å². The highest BCUT2D eigenvalue weighted by Gasteiger charge is 2.37. The first-order valence-electron chi connectivity index (χ1n) is 10.2. The molecule has 2 atom stereocenters. The van der Waals surface area contributed by atoms with E-state index < -0.39 is 5.60 Å². The SMILES string of the molecule is COCCOCCOCCOCCO[C@@H]1C[C@@H](COC)N(C(=O)OC(C)(C)C)C1. The summed E-state index contributed by atoms with van der Waals surface area (Å²) in [7, 11) is 3.27. The summed E-state index contributed by atoms with van der Waals surface area (Å²) in [4.78, 5) is 14.1. The van der Waals surface area contributed by atoms with Crippen LogP contribution in [0.2, 0.25) is 0 Å².